The van der Waals surface area contributed by atoms with Crippen LogP contribution in [-0.2, 0) is 0 Å². The molecule has 0 atom stereocenters. The highest BCUT2D eigenvalue weighted by Gasteiger charge is 1.98. The molecule has 0 amide bonds. The van der Waals surface area contributed by atoms with E-state index in [1.807, 2.05) is 11.9 Å². The van der Waals surface area contributed by atoms with Gasteiger partial charge in [0.05, 0.1) is 0 Å². The second-order valence-electron chi connectivity index (χ2n) is 3.11. The van der Waals surface area contributed by atoms with Gasteiger partial charge in [0.15, 0.2) is 0 Å². The third kappa shape index (κ3) is 4.34. The van der Waals surface area contributed by atoms with Crippen LogP contribution in [0.2, 0.25) is 0 Å². The summed E-state index contributed by atoms with van der Waals surface area (Å²) in [6, 6.07) is 10.5. The molecule has 0 aliphatic heterocycles. The van der Waals surface area contributed by atoms with Crippen molar-refractivity contribution < 1.29 is 0 Å². The van der Waals surface area contributed by atoms with Gasteiger partial charge in [-0.3, -0.25) is 0 Å². The van der Waals surface area contributed by atoms with Gasteiger partial charge in [-0.1, -0.05) is 31.5 Å². The number of hydrogen-bond acceptors (Lipinski definition) is 2. The summed E-state index contributed by atoms with van der Waals surface area (Å²) in [6.45, 7) is 3.39. The van der Waals surface area contributed by atoms with E-state index >= 15 is 0 Å². The average Bonchev–Trinajstić information content (AvgIpc) is 2.16. The van der Waals surface area contributed by atoms with E-state index in [2.05, 4.69) is 48.6 Å². The molecule has 0 aliphatic carbocycles. The lowest BCUT2D eigenvalue weighted by Crippen LogP contribution is -2.09. The zero-order valence-electron chi connectivity index (χ0n) is 8.36. The van der Waals surface area contributed by atoms with Gasteiger partial charge in [0, 0.05) is 11.4 Å². The molecule has 0 spiro atoms. The summed E-state index contributed by atoms with van der Waals surface area (Å²) in [5.74, 6) is 0. The SMILES string of the molecule is CCCCN(C)Sc1ccccc1. The van der Waals surface area contributed by atoms with Crippen LogP contribution < -0.4 is 0 Å². The van der Waals surface area contributed by atoms with E-state index in [4.69, 9.17) is 0 Å². The van der Waals surface area contributed by atoms with Crippen molar-refractivity contribution in [2.24, 2.45) is 0 Å². The molecule has 0 saturated carbocycles. The Morgan fingerprint density at radius 3 is 2.54 bits per heavy atom. The molecule has 1 aromatic carbocycles. The maximum atomic E-state index is 2.29. The van der Waals surface area contributed by atoms with Crippen molar-refractivity contribution in [1.29, 1.82) is 0 Å². The fourth-order valence-corrected chi connectivity index (χ4v) is 1.95. The summed E-state index contributed by atoms with van der Waals surface area (Å²) in [5, 5.41) is 0. The molecule has 0 radical (unpaired) electrons. The second-order valence-corrected chi connectivity index (χ2v) is 4.39. The fourth-order valence-electron chi connectivity index (χ4n) is 1.09. The molecular weight excluding hydrogens is 178 g/mol. The van der Waals surface area contributed by atoms with Crippen molar-refractivity contribution in [3.8, 4) is 0 Å². The highest BCUT2D eigenvalue weighted by molar-refractivity contribution is 7.97. The topological polar surface area (TPSA) is 3.24 Å². The molecule has 0 unspecified atom stereocenters. The Morgan fingerprint density at radius 1 is 1.23 bits per heavy atom. The van der Waals surface area contributed by atoms with E-state index in [0.29, 0.717) is 0 Å². The van der Waals surface area contributed by atoms with Gasteiger partial charge in [-0.25, -0.2) is 4.31 Å². The van der Waals surface area contributed by atoms with Gasteiger partial charge in [0.1, 0.15) is 0 Å². The predicted molar refractivity (Wildman–Crippen MR) is 59.8 cm³/mol. The first-order chi connectivity index (χ1) is 6.33. The van der Waals surface area contributed by atoms with E-state index in [-0.39, 0.29) is 0 Å². The summed E-state index contributed by atoms with van der Waals surface area (Å²) in [4.78, 5) is 1.32. The fraction of sp³-hybridized carbons (Fsp3) is 0.455. The summed E-state index contributed by atoms with van der Waals surface area (Å²) in [7, 11) is 2.15. The van der Waals surface area contributed by atoms with E-state index in [1.54, 1.807) is 0 Å². The van der Waals surface area contributed by atoms with Gasteiger partial charge in [0.2, 0.25) is 0 Å². The second kappa shape index (κ2) is 6.06. The summed E-state index contributed by atoms with van der Waals surface area (Å²) < 4.78 is 2.29. The predicted octanol–water partition coefficient (Wildman–Crippen LogP) is 3.43. The largest absolute Gasteiger partial charge is 0.249 e. The van der Waals surface area contributed by atoms with Crippen LogP contribution >= 0.6 is 11.9 Å². The van der Waals surface area contributed by atoms with Gasteiger partial charge in [-0.2, -0.15) is 0 Å². The Hall–Kier alpha value is -0.470. The van der Waals surface area contributed by atoms with Gasteiger partial charge in [-0.15, -0.1) is 0 Å². The van der Waals surface area contributed by atoms with Crippen molar-refractivity contribution in [3.05, 3.63) is 30.3 Å². The monoisotopic (exact) mass is 195 g/mol. The molecule has 0 aromatic heterocycles. The van der Waals surface area contributed by atoms with Gasteiger partial charge in [0.25, 0.3) is 0 Å². The maximum Gasteiger partial charge on any atom is 0.0230 e. The Labute approximate surface area is 85.3 Å². The summed E-state index contributed by atoms with van der Waals surface area (Å²) in [6.07, 6.45) is 2.54. The number of unbranched alkanes of at least 4 members (excludes halogenated alkanes) is 1. The first-order valence-corrected chi connectivity index (χ1v) is 5.54. The number of hydrogen-bond donors (Lipinski definition) is 0. The number of nitrogens with zero attached hydrogens (tertiary/aromatic N) is 1. The molecule has 0 aliphatic rings. The molecule has 0 N–H and O–H groups in total. The Balaban J connectivity index is 2.32. The van der Waals surface area contributed by atoms with Gasteiger partial charge < -0.3 is 0 Å². The zero-order chi connectivity index (χ0) is 9.52. The Morgan fingerprint density at radius 2 is 1.92 bits per heavy atom. The molecule has 0 fully saturated rings. The molecule has 0 bridgehead atoms. The molecule has 0 heterocycles. The van der Waals surface area contributed by atoms with E-state index in [9.17, 15) is 0 Å². The van der Waals surface area contributed by atoms with Crippen LogP contribution in [0.15, 0.2) is 35.2 Å². The van der Waals surface area contributed by atoms with Crippen LogP contribution in [0.3, 0.4) is 0 Å². The van der Waals surface area contributed by atoms with Crippen LogP contribution in [0.1, 0.15) is 19.8 Å². The summed E-state index contributed by atoms with van der Waals surface area (Å²) >= 11 is 1.82. The van der Waals surface area contributed by atoms with Crippen LogP contribution in [0.5, 0.6) is 0 Å². The third-order valence-electron chi connectivity index (χ3n) is 1.83. The molecule has 2 heteroatoms. The quantitative estimate of drug-likeness (QED) is 0.662. The lowest BCUT2D eigenvalue weighted by atomic mass is 10.3. The number of benzene rings is 1. The highest BCUT2D eigenvalue weighted by Crippen LogP contribution is 2.20. The minimum absolute atomic E-state index is 1.16. The standard InChI is InChI=1S/C11H17NS/c1-3-4-10-12(2)13-11-8-6-5-7-9-11/h5-9H,3-4,10H2,1-2H3. The van der Waals surface area contributed by atoms with E-state index in [1.165, 1.54) is 17.7 Å². The first-order valence-electron chi connectivity index (χ1n) is 4.77. The Bertz CT molecular complexity index is 223. The van der Waals surface area contributed by atoms with E-state index < -0.39 is 0 Å². The van der Waals surface area contributed by atoms with Gasteiger partial charge in [-0.05, 0) is 37.5 Å². The Kier molecular flexibility index (Phi) is 4.94. The van der Waals surface area contributed by atoms with Crippen LogP contribution in [-0.4, -0.2) is 17.9 Å². The molecule has 13 heavy (non-hydrogen) atoms. The normalized spacial score (nSPS) is 10.7. The van der Waals surface area contributed by atoms with Crippen molar-refractivity contribution >= 4 is 11.9 Å². The maximum absolute atomic E-state index is 2.29. The van der Waals surface area contributed by atoms with Gasteiger partial charge >= 0.3 is 0 Å². The molecule has 1 aromatic rings. The molecule has 72 valence electrons. The third-order valence-corrected chi connectivity index (χ3v) is 2.81. The van der Waals surface area contributed by atoms with Crippen LogP contribution in [0.25, 0.3) is 0 Å². The molecule has 0 saturated heterocycles. The van der Waals surface area contributed by atoms with Crippen molar-refractivity contribution in [1.82, 2.24) is 4.31 Å². The van der Waals surface area contributed by atoms with Crippen molar-refractivity contribution in [2.75, 3.05) is 13.6 Å². The van der Waals surface area contributed by atoms with Crippen LogP contribution in [0, 0.1) is 0 Å². The minimum atomic E-state index is 1.16. The molecular formula is C11H17NS. The number of rotatable bonds is 5. The minimum Gasteiger partial charge on any atom is -0.249 e. The lowest BCUT2D eigenvalue weighted by Gasteiger charge is -2.14. The lowest BCUT2D eigenvalue weighted by molar-refractivity contribution is 0.537. The zero-order valence-corrected chi connectivity index (χ0v) is 9.18. The smallest absolute Gasteiger partial charge is 0.0230 e. The van der Waals surface area contributed by atoms with E-state index in [0.717, 1.165) is 6.54 Å². The molecule has 1 rings (SSSR count). The average molecular weight is 195 g/mol. The first kappa shape index (κ1) is 10.6. The highest BCUT2D eigenvalue weighted by atomic mass is 32.2. The summed E-state index contributed by atoms with van der Waals surface area (Å²) in [5.41, 5.74) is 0. The van der Waals surface area contributed by atoms with Crippen molar-refractivity contribution in [2.45, 2.75) is 24.7 Å². The van der Waals surface area contributed by atoms with Crippen molar-refractivity contribution in [3.63, 3.8) is 0 Å². The molecule has 1 nitrogen and oxygen atoms in total. The van der Waals surface area contributed by atoms with Crippen LogP contribution in [0.4, 0.5) is 0 Å².